The van der Waals surface area contributed by atoms with E-state index in [-0.39, 0.29) is 5.91 Å². The van der Waals surface area contributed by atoms with Crippen LogP contribution in [0.4, 0.5) is 5.69 Å². The van der Waals surface area contributed by atoms with Gasteiger partial charge in [-0.3, -0.25) is 4.79 Å². The molecule has 1 aliphatic rings. The molecule has 2 aromatic rings. The van der Waals surface area contributed by atoms with Crippen molar-refractivity contribution < 1.29 is 4.79 Å². The molecule has 0 aliphatic carbocycles. The van der Waals surface area contributed by atoms with Crippen molar-refractivity contribution in [3.63, 3.8) is 0 Å². The fraction of sp³-hybridized carbons (Fsp3) is 0.158. The fourth-order valence-electron chi connectivity index (χ4n) is 2.43. The highest BCUT2D eigenvalue weighted by molar-refractivity contribution is 8.18. The third kappa shape index (κ3) is 3.90. The number of aliphatic imine (C=N–C) groups is 1. The predicted molar refractivity (Wildman–Crippen MR) is 97.9 cm³/mol. The molecule has 1 aliphatic heterocycles. The third-order valence-corrected chi connectivity index (χ3v) is 4.37. The van der Waals surface area contributed by atoms with E-state index in [1.807, 2.05) is 63.2 Å². The van der Waals surface area contributed by atoms with Crippen LogP contribution in [-0.4, -0.2) is 11.1 Å². The lowest BCUT2D eigenvalue weighted by molar-refractivity contribution is -0.115. The van der Waals surface area contributed by atoms with E-state index in [4.69, 9.17) is 0 Å². The van der Waals surface area contributed by atoms with E-state index in [0.29, 0.717) is 10.1 Å². The number of nitrogens with one attached hydrogen (secondary N) is 1. The Morgan fingerprint density at radius 2 is 1.61 bits per heavy atom. The Hall–Kier alpha value is -2.33. The monoisotopic (exact) mass is 322 g/mol. The zero-order valence-corrected chi connectivity index (χ0v) is 14.2. The van der Waals surface area contributed by atoms with Gasteiger partial charge >= 0.3 is 0 Å². The van der Waals surface area contributed by atoms with Crippen LogP contribution < -0.4 is 5.32 Å². The summed E-state index contributed by atoms with van der Waals surface area (Å²) in [5.74, 6) is -0.0984. The summed E-state index contributed by atoms with van der Waals surface area (Å²) in [4.78, 5) is 17.3. The summed E-state index contributed by atoms with van der Waals surface area (Å²) in [7, 11) is 0. The summed E-state index contributed by atoms with van der Waals surface area (Å²) >= 11 is 1.37. The fourth-order valence-corrected chi connectivity index (χ4v) is 3.27. The number of nitrogens with zero attached hydrogens (tertiary/aromatic N) is 1. The van der Waals surface area contributed by atoms with Crippen molar-refractivity contribution in [3.8, 4) is 0 Å². The van der Waals surface area contributed by atoms with E-state index in [1.54, 1.807) is 0 Å². The first-order valence-electron chi connectivity index (χ1n) is 7.44. The van der Waals surface area contributed by atoms with Crippen molar-refractivity contribution in [1.29, 1.82) is 0 Å². The molecule has 0 spiro atoms. The average molecular weight is 322 g/mol. The molecule has 1 heterocycles. The van der Waals surface area contributed by atoms with E-state index < -0.39 is 0 Å². The lowest BCUT2D eigenvalue weighted by Gasteiger charge is -2.00. The first kappa shape index (κ1) is 15.6. The van der Waals surface area contributed by atoms with Crippen LogP contribution in [0.15, 0.2) is 52.4 Å². The minimum absolute atomic E-state index is 0.0984. The Balaban J connectivity index is 1.84. The van der Waals surface area contributed by atoms with E-state index >= 15 is 0 Å². The number of amidine groups is 1. The maximum atomic E-state index is 12.1. The van der Waals surface area contributed by atoms with Crippen molar-refractivity contribution in [3.05, 3.63) is 69.6 Å². The number of amides is 1. The maximum Gasteiger partial charge on any atom is 0.264 e. The Labute approximate surface area is 140 Å². The SMILES string of the molecule is Cc1ccc(C=C2SC(=Nc3cc(C)cc(C)c3)NC2=O)cc1. The summed E-state index contributed by atoms with van der Waals surface area (Å²) in [5, 5.41) is 3.45. The molecule has 23 heavy (non-hydrogen) atoms. The van der Waals surface area contributed by atoms with Crippen molar-refractivity contribution in [2.24, 2.45) is 4.99 Å². The number of hydrogen-bond acceptors (Lipinski definition) is 3. The number of carbonyl (C=O) groups is 1. The van der Waals surface area contributed by atoms with Gasteiger partial charge in [-0.25, -0.2) is 4.99 Å². The van der Waals surface area contributed by atoms with E-state index in [9.17, 15) is 4.79 Å². The molecule has 3 rings (SSSR count). The molecule has 1 N–H and O–H groups in total. The first-order chi connectivity index (χ1) is 11.0. The van der Waals surface area contributed by atoms with Gasteiger partial charge in [0.1, 0.15) is 0 Å². The molecule has 0 aromatic heterocycles. The van der Waals surface area contributed by atoms with Crippen LogP contribution in [0.2, 0.25) is 0 Å². The minimum Gasteiger partial charge on any atom is -0.300 e. The molecule has 1 amide bonds. The van der Waals surface area contributed by atoms with Gasteiger partial charge in [0.05, 0.1) is 10.6 Å². The molecule has 2 aromatic carbocycles. The van der Waals surface area contributed by atoms with Crippen LogP contribution in [0.25, 0.3) is 6.08 Å². The van der Waals surface area contributed by atoms with Gasteiger partial charge in [0.2, 0.25) is 0 Å². The highest BCUT2D eigenvalue weighted by Crippen LogP contribution is 2.28. The molecule has 0 saturated carbocycles. The zero-order valence-electron chi connectivity index (χ0n) is 13.4. The second-order valence-corrected chi connectivity index (χ2v) is 6.77. The number of hydrogen-bond donors (Lipinski definition) is 1. The van der Waals surface area contributed by atoms with Crippen molar-refractivity contribution in [2.75, 3.05) is 0 Å². The quantitative estimate of drug-likeness (QED) is 0.827. The van der Waals surface area contributed by atoms with Crippen LogP contribution in [0.5, 0.6) is 0 Å². The number of thioether (sulfide) groups is 1. The van der Waals surface area contributed by atoms with E-state index in [2.05, 4.69) is 16.4 Å². The molecular formula is C19H18N2OS. The number of benzene rings is 2. The van der Waals surface area contributed by atoms with Crippen LogP contribution >= 0.6 is 11.8 Å². The maximum absolute atomic E-state index is 12.1. The first-order valence-corrected chi connectivity index (χ1v) is 8.26. The molecule has 0 radical (unpaired) electrons. The molecule has 3 nitrogen and oxygen atoms in total. The lowest BCUT2D eigenvalue weighted by Crippen LogP contribution is -2.19. The standard InChI is InChI=1S/C19H18N2OS/c1-12-4-6-15(7-5-12)11-17-18(22)21-19(23-17)20-16-9-13(2)8-14(3)10-16/h4-11H,1-3H3,(H,20,21,22). The predicted octanol–water partition coefficient (Wildman–Crippen LogP) is 4.50. The third-order valence-electron chi connectivity index (χ3n) is 3.46. The normalized spacial score (nSPS) is 17.8. The molecule has 0 unspecified atom stereocenters. The van der Waals surface area contributed by atoms with Gasteiger partial charge in [-0.2, -0.15) is 0 Å². The number of aryl methyl sites for hydroxylation is 3. The molecular weight excluding hydrogens is 304 g/mol. The van der Waals surface area contributed by atoms with Gasteiger partial charge in [-0.05, 0) is 67.4 Å². The smallest absolute Gasteiger partial charge is 0.264 e. The summed E-state index contributed by atoms with van der Waals surface area (Å²) in [5.41, 5.74) is 5.40. The lowest BCUT2D eigenvalue weighted by atomic mass is 10.1. The Bertz CT molecular complexity index is 800. The van der Waals surface area contributed by atoms with Gasteiger partial charge < -0.3 is 5.32 Å². The van der Waals surface area contributed by atoms with E-state index in [0.717, 1.165) is 22.4 Å². The zero-order chi connectivity index (χ0) is 16.4. The van der Waals surface area contributed by atoms with Crippen molar-refractivity contribution >= 4 is 34.6 Å². The average Bonchev–Trinajstić information content (AvgIpc) is 2.80. The molecule has 116 valence electrons. The molecule has 4 heteroatoms. The summed E-state index contributed by atoms with van der Waals surface area (Å²) < 4.78 is 0. The summed E-state index contributed by atoms with van der Waals surface area (Å²) in [6.07, 6.45) is 1.89. The van der Waals surface area contributed by atoms with Gasteiger partial charge in [0.15, 0.2) is 5.17 Å². The molecule has 0 bridgehead atoms. The van der Waals surface area contributed by atoms with Crippen molar-refractivity contribution in [1.82, 2.24) is 5.32 Å². The number of carbonyl (C=O) groups excluding carboxylic acids is 1. The van der Waals surface area contributed by atoms with Crippen molar-refractivity contribution in [2.45, 2.75) is 20.8 Å². The van der Waals surface area contributed by atoms with Gasteiger partial charge in [0.25, 0.3) is 5.91 Å². The number of rotatable bonds is 2. The Morgan fingerprint density at radius 3 is 2.26 bits per heavy atom. The Kier molecular flexibility index (Phi) is 4.35. The van der Waals surface area contributed by atoms with Gasteiger partial charge in [-0.15, -0.1) is 0 Å². The van der Waals surface area contributed by atoms with Gasteiger partial charge in [0, 0.05) is 0 Å². The van der Waals surface area contributed by atoms with Crippen LogP contribution in [0.3, 0.4) is 0 Å². The Morgan fingerprint density at radius 1 is 0.957 bits per heavy atom. The van der Waals surface area contributed by atoms with E-state index in [1.165, 1.54) is 17.3 Å². The van der Waals surface area contributed by atoms with Crippen LogP contribution in [0, 0.1) is 20.8 Å². The highest BCUT2D eigenvalue weighted by atomic mass is 32.2. The molecule has 0 atom stereocenters. The highest BCUT2D eigenvalue weighted by Gasteiger charge is 2.23. The second kappa shape index (κ2) is 6.42. The minimum atomic E-state index is -0.0984. The largest absolute Gasteiger partial charge is 0.300 e. The topological polar surface area (TPSA) is 41.5 Å². The second-order valence-electron chi connectivity index (χ2n) is 5.74. The van der Waals surface area contributed by atoms with Gasteiger partial charge in [-0.1, -0.05) is 35.9 Å². The molecule has 1 saturated heterocycles. The van der Waals surface area contributed by atoms with Crippen LogP contribution in [0.1, 0.15) is 22.3 Å². The summed E-state index contributed by atoms with van der Waals surface area (Å²) in [6, 6.07) is 14.2. The van der Waals surface area contributed by atoms with Crippen LogP contribution in [-0.2, 0) is 4.79 Å². The molecule has 1 fully saturated rings. The summed E-state index contributed by atoms with van der Waals surface area (Å²) in [6.45, 7) is 6.13.